The number of primary amides is 1. The molecule has 3 aliphatic carbocycles. The van der Waals surface area contributed by atoms with Gasteiger partial charge in [-0.2, -0.15) is 0 Å². The van der Waals surface area contributed by atoms with Crippen LogP contribution < -0.4 is 48.3 Å². The van der Waals surface area contributed by atoms with E-state index in [1.165, 1.54) is 6.92 Å². The van der Waals surface area contributed by atoms with Gasteiger partial charge in [0.2, 0.25) is 47.3 Å². The molecule has 4 aromatic carbocycles. The normalized spacial score (nSPS) is 24.6. The third-order valence-corrected chi connectivity index (χ3v) is 15.7. The molecule has 10 N–H and O–H groups in total. The molecule has 4 aliphatic rings. The largest absolute Gasteiger partial charge is 0.370 e. The van der Waals surface area contributed by atoms with Gasteiger partial charge in [-0.25, -0.2) is 0 Å². The van der Waals surface area contributed by atoms with Crippen LogP contribution in [0.4, 0.5) is 0 Å². The highest BCUT2D eigenvalue weighted by Gasteiger charge is 2.41. The fourth-order valence-corrected chi connectivity index (χ4v) is 11.9. The second-order valence-electron chi connectivity index (χ2n) is 21.2. The summed E-state index contributed by atoms with van der Waals surface area (Å²) in [6, 6.07) is 25.3. The first-order chi connectivity index (χ1) is 35.7. The highest BCUT2D eigenvalue weighted by atomic mass is 16.2. The summed E-state index contributed by atoms with van der Waals surface area (Å²) in [6.45, 7) is 3.91. The van der Waals surface area contributed by atoms with Crippen molar-refractivity contribution in [2.24, 2.45) is 35.3 Å². The van der Waals surface area contributed by atoms with Crippen molar-refractivity contribution in [1.82, 2.24) is 42.5 Å². The van der Waals surface area contributed by atoms with E-state index in [9.17, 15) is 38.4 Å². The zero-order valence-corrected chi connectivity index (χ0v) is 42.6. The third-order valence-electron chi connectivity index (χ3n) is 15.7. The summed E-state index contributed by atoms with van der Waals surface area (Å²) in [7, 11) is 0. The van der Waals surface area contributed by atoms with E-state index in [0.717, 1.165) is 51.9 Å². The number of amides is 8. The lowest BCUT2D eigenvalue weighted by atomic mass is 9.95. The second kappa shape index (κ2) is 24.9. The Hall–Kier alpha value is -6.88. The zero-order chi connectivity index (χ0) is 52.3. The molecule has 0 radical (unpaired) electrons. The minimum Gasteiger partial charge on any atom is -0.370 e. The van der Waals surface area contributed by atoms with E-state index >= 15 is 0 Å². The second-order valence-corrected chi connectivity index (χ2v) is 21.2. The number of nitrogens with two attached hydrogens (primary N) is 1. The number of benzene rings is 4. The van der Waals surface area contributed by atoms with Crippen molar-refractivity contribution in [1.29, 1.82) is 0 Å². The Balaban J connectivity index is 0.810. The Morgan fingerprint density at radius 1 is 0.568 bits per heavy atom. The van der Waals surface area contributed by atoms with Crippen LogP contribution in [-0.2, 0) is 51.2 Å². The first kappa shape index (κ1) is 53.4. The van der Waals surface area contributed by atoms with Crippen LogP contribution in [0.15, 0.2) is 84.9 Å². The summed E-state index contributed by atoms with van der Waals surface area (Å²) >= 11 is 0. The quantitative estimate of drug-likeness (QED) is 0.0593. The van der Waals surface area contributed by atoms with Gasteiger partial charge in [0.1, 0.15) is 0 Å². The lowest BCUT2D eigenvalue weighted by molar-refractivity contribution is -0.130. The van der Waals surface area contributed by atoms with Crippen LogP contribution in [0, 0.1) is 29.6 Å². The van der Waals surface area contributed by atoms with E-state index in [-0.39, 0.29) is 66.8 Å². The number of carbonyl (C=O) groups is 8. The van der Waals surface area contributed by atoms with Crippen LogP contribution in [0.3, 0.4) is 0 Å². The van der Waals surface area contributed by atoms with Crippen LogP contribution >= 0.6 is 0 Å². The summed E-state index contributed by atoms with van der Waals surface area (Å²) < 4.78 is 0. The molecule has 4 aromatic rings. The van der Waals surface area contributed by atoms with Crippen molar-refractivity contribution in [2.45, 2.75) is 134 Å². The van der Waals surface area contributed by atoms with Crippen molar-refractivity contribution >= 4 is 68.8 Å². The van der Waals surface area contributed by atoms with Crippen LogP contribution in [0.25, 0.3) is 21.5 Å². The maximum atomic E-state index is 13.8. The molecule has 8 rings (SSSR count). The minimum atomic E-state index is -0.632. The highest BCUT2D eigenvalue weighted by molar-refractivity contribution is 5.89. The van der Waals surface area contributed by atoms with E-state index in [2.05, 4.69) is 48.6 Å². The van der Waals surface area contributed by atoms with Gasteiger partial charge in [-0.1, -0.05) is 111 Å². The van der Waals surface area contributed by atoms with Crippen LogP contribution in [0.2, 0.25) is 0 Å². The molecule has 11 atom stereocenters. The summed E-state index contributed by atoms with van der Waals surface area (Å²) in [5.41, 5.74) is 7.59. The van der Waals surface area contributed by atoms with Crippen molar-refractivity contribution in [3.05, 3.63) is 96.1 Å². The van der Waals surface area contributed by atoms with Crippen LogP contribution in [-0.4, -0.2) is 103 Å². The van der Waals surface area contributed by atoms with Crippen LogP contribution in [0.1, 0.15) is 95.6 Å². The average Bonchev–Trinajstić information content (AvgIpc) is 4.22. The fraction of sp³-hybridized carbons (Fsp3) is 0.509. The number of hydrogen-bond acceptors (Lipinski definition) is 9. The Bertz CT molecular complexity index is 2710. The van der Waals surface area contributed by atoms with Gasteiger partial charge in [0.25, 0.3) is 0 Å². The van der Waals surface area contributed by atoms with E-state index in [1.807, 2.05) is 78.9 Å². The number of fused-ring (bicyclic) bond motifs is 2. The Morgan fingerprint density at radius 2 is 1.16 bits per heavy atom. The maximum absolute atomic E-state index is 13.8. The van der Waals surface area contributed by atoms with Gasteiger partial charge < -0.3 is 48.3 Å². The van der Waals surface area contributed by atoms with Gasteiger partial charge in [0, 0.05) is 69.6 Å². The van der Waals surface area contributed by atoms with Crippen LogP contribution in [0.5, 0.6) is 0 Å². The molecule has 1 heterocycles. The number of rotatable bonds is 21. The molecule has 394 valence electrons. The molecule has 0 bridgehead atoms. The molecule has 8 amide bonds. The predicted octanol–water partition coefficient (Wildman–Crippen LogP) is 3.34. The molecular weight excluding hydrogens is 939 g/mol. The SMILES string of the molecule is CC(=O)N[C@@H]1CCC[C@@H]1C(=O)N[C@H](CC(=O)N[C@@H]1CCC[C@@H]1C(=O)NC[C@H](C)C(=O)N[C@@H]1CNC[C@@H]1C(=O)N[C@@H]1CCC[C@@H]1C(=O)N[C@H](CC(N)=O)Cc1cccc2ccccc12)Cc1ccc2ccccc2c1. The molecule has 17 heteroatoms. The highest BCUT2D eigenvalue weighted by Crippen LogP contribution is 2.30. The van der Waals surface area contributed by atoms with Gasteiger partial charge in [-0.05, 0) is 84.0 Å². The molecule has 3 saturated carbocycles. The fourth-order valence-electron chi connectivity index (χ4n) is 11.9. The third kappa shape index (κ3) is 13.8. The smallest absolute Gasteiger partial charge is 0.226 e. The topological polar surface area (TPSA) is 259 Å². The average molecular weight is 1010 g/mol. The van der Waals surface area contributed by atoms with Gasteiger partial charge in [0.05, 0.1) is 35.6 Å². The van der Waals surface area contributed by atoms with Crippen molar-refractivity contribution in [2.75, 3.05) is 19.6 Å². The molecular formula is C57H73N9O8. The molecule has 74 heavy (non-hydrogen) atoms. The first-order valence-corrected chi connectivity index (χ1v) is 26.7. The Kier molecular flexibility index (Phi) is 18.0. The van der Waals surface area contributed by atoms with E-state index in [1.54, 1.807) is 6.92 Å². The lowest BCUT2D eigenvalue weighted by Gasteiger charge is -2.27. The van der Waals surface area contributed by atoms with Crippen molar-refractivity contribution in [3.63, 3.8) is 0 Å². The maximum Gasteiger partial charge on any atom is 0.226 e. The molecule has 17 nitrogen and oxygen atoms in total. The predicted molar refractivity (Wildman–Crippen MR) is 282 cm³/mol. The Labute approximate surface area is 432 Å². The lowest BCUT2D eigenvalue weighted by Crippen LogP contribution is -2.53. The van der Waals surface area contributed by atoms with Crippen molar-refractivity contribution in [3.8, 4) is 0 Å². The summed E-state index contributed by atoms with van der Waals surface area (Å²) in [6.07, 6.45) is 6.79. The first-order valence-electron chi connectivity index (χ1n) is 26.7. The van der Waals surface area contributed by atoms with E-state index in [4.69, 9.17) is 5.73 Å². The van der Waals surface area contributed by atoms with Gasteiger partial charge in [0.15, 0.2) is 0 Å². The van der Waals surface area contributed by atoms with Gasteiger partial charge >= 0.3 is 0 Å². The molecule has 0 spiro atoms. The Morgan fingerprint density at radius 3 is 1.84 bits per heavy atom. The van der Waals surface area contributed by atoms with Gasteiger partial charge in [-0.15, -0.1) is 0 Å². The molecule has 0 aromatic heterocycles. The standard InChI is InChI=1S/C57H73N9O8/c1-33(53(70)66-50-32-59-31-46(50)57(74)65-49-22-10-19-45(49)56(73)63-41(28-51(58)68)27-39-15-7-14-37-12-5-6-16-42(37)39)30-60-54(71)43-17-8-21-48(43)64-52(69)29-40(26-35-23-24-36-11-3-4-13-38(36)25-35)62-55(72)44-18-9-20-47(44)61-34(2)67/h3-7,11-16,23-25,33,40-41,43-50,59H,8-10,17-22,26-32H2,1-2H3,(H2,58,68)(H,60,71)(H,61,67)(H,62,72)(H,63,73)(H,64,69)(H,65,74)(H,66,70)/t33-,40-,41-,43-,44-,45-,46-,47+,48+,49+,50+/m0/s1. The summed E-state index contributed by atoms with van der Waals surface area (Å²) in [5.74, 6) is -4.90. The van der Waals surface area contributed by atoms with E-state index < -0.39 is 65.7 Å². The molecule has 4 fully saturated rings. The summed E-state index contributed by atoms with van der Waals surface area (Å²) in [4.78, 5) is 107. The molecule has 1 aliphatic heterocycles. The monoisotopic (exact) mass is 1010 g/mol. The van der Waals surface area contributed by atoms with Crippen molar-refractivity contribution < 1.29 is 38.4 Å². The number of carbonyl (C=O) groups excluding carboxylic acids is 8. The number of nitrogens with one attached hydrogen (secondary N) is 8. The number of hydrogen-bond donors (Lipinski definition) is 9. The zero-order valence-electron chi connectivity index (χ0n) is 42.6. The van der Waals surface area contributed by atoms with Gasteiger partial charge in [-0.3, -0.25) is 38.4 Å². The molecule has 1 saturated heterocycles. The molecule has 0 unspecified atom stereocenters. The summed E-state index contributed by atoms with van der Waals surface area (Å²) in [5, 5.41) is 28.8. The van der Waals surface area contributed by atoms with E-state index in [0.29, 0.717) is 64.5 Å². The minimum absolute atomic E-state index is 0.00422.